The van der Waals surface area contributed by atoms with Gasteiger partial charge in [0.05, 0.1) is 20.3 Å². The quantitative estimate of drug-likeness (QED) is 0.135. The molecule has 3 aromatic carbocycles. The highest BCUT2D eigenvalue weighted by Gasteiger charge is 2.20. The molecular formula is C34H39ClO7S. The molecule has 0 spiro atoms. The van der Waals surface area contributed by atoms with Crippen molar-refractivity contribution >= 4 is 11.3 Å². The molecule has 4 rings (SSSR count). The average molecular weight is 627 g/mol. The number of benzene rings is 3. The van der Waals surface area contributed by atoms with E-state index in [0.717, 1.165) is 48.9 Å². The Bertz CT molecular complexity index is 1280. The molecule has 0 fully saturated rings. The molecule has 0 aliphatic carbocycles. The Morgan fingerprint density at radius 3 is 1.28 bits per heavy atom. The van der Waals surface area contributed by atoms with Crippen LogP contribution >= 0.6 is 11.3 Å². The SMILES string of the molecule is CCCCCOc1ccc(-c2cc(-c3ccc(OC)cc3)cc(-c3ccc(OCCCCC)cc3)[s+]2)cc1.[O-][Cl+3]([O-])([O-])[O-]. The molecule has 4 aromatic rings. The fourth-order valence-corrected chi connectivity index (χ4v) is 5.37. The molecule has 43 heavy (non-hydrogen) atoms. The van der Waals surface area contributed by atoms with Crippen molar-refractivity contribution in [3.63, 3.8) is 0 Å². The van der Waals surface area contributed by atoms with Crippen LogP contribution in [0.5, 0.6) is 17.2 Å². The minimum absolute atomic E-state index is 0.769. The smallest absolute Gasteiger partial charge is 0.239 e. The zero-order chi connectivity index (χ0) is 31.1. The summed E-state index contributed by atoms with van der Waals surface area (Å²) in [6, 6.07) is 29.8. The first-order valence-corrected chi connectivity index (χ1v) is 16.5. The Kier molecular flexibility index (Phi) is 14.2. The lowest BCUT2D eigenvalue weighted by Gasteiger charge is -2.17. The minimum Gasteiger partial charge on any atom is -0.497 e. The van der Waals surface area contributed by atoms with E-state index in [-0.39, 0.29) is 0 Å². The Balaban J connectivity index is 0.000000934. The van der Waals surface area contributed by atoms with E-state index in [2.05, 4.69) is 86.6 Å². The van der Waals surface area contributed by atoms with Crippen LogP contribution in [-0.4, -0.2) is 20.3 Å². The number of methoxy groups -OCH3 is 1. The number of halogens is 1. The summed E-state index contributed by atoms with van der Waals surface area (Å²) in [5.74, 6) is 2.71. The number of unbranched alkanes of at least 4 members (excludes halogenated alkanes) is 4. The van der Waals surface area contributed by atoms with E-state index in [1.807, 2.05) is 12.1 Å². The lowest BCUT2D eigenvalue weighted by atomic mass is 10.0. The van der Waals surface area contributed by atoms with Gasteiger partial charge in [-0.25, -0.2) is 18.6 Å². The van der Waals surface area contributed by atoms with Gasteiger partial charge in [-0.1, -0.05) is 51.7 Å². The molecule has 0 amide bonds. The molecule has 0 atom stereocenters. The third kappa shape index (κ3) is 12.5. The van der Waals surface area contributed by atoms with Crippen LogP contribution in [0.15, 0.2) is 84.9 Å². The third-order valence-electron chi connectivity index (χ3n) is 6.53. The van der Waals surface area contributed by atoms with Gasteiger partial charge in [0.2, 0.25) is 21.1 Å². The van der Waals surface area contributed by atoms with Gasteiger partial charge in [0, 0.05) is 23.3 Å². The van der Waals surface area contributed by atoms with Crippen LogP contribution in [-0.2, 0) is 0 Å². The molecule has 0 unspecified atom stereocenters. The zero-order valence-electron chi connectivity index (χ0n) is 24.9. The molecule has 0 radical (unpaired) electrons. The second kappa shape index (κ2) is 17.8. The van der Waals surface area contributed by atoms with Gasteiger partial charge in [0.1, 0.15) is 17.2 Å². The fourth-order valence-electron chi connectivity index (χ4n) is 4.25. The highest BCUT2D eigenvalue weighted by atomic mass is 35.7. The van der Waals surface area contributed by atoms with Crippen LogP contribution in [0.25, 0.3) is 32.0 Å². The van der Waals surface area contributed by atoms with Crippen molar-refractivity contribution in [2.45, 2.75) is 52.4 Å². The molecule has 0 aliphatic rings. The Morgan fingerprint density at radius 1 is 0.535 bits per heavy atom. The summed E-state index contributed by atoms with van der Waals surface area (Å²) in [7, 11) is -3.25. The van der Waals surface area contributed by atoms with E-state index in [9.17, 15) is 0 Å². The third-order valence-corrected chi connectivity index (χ3v) is 7.67. The van der Waals surface area contributed by atoms with E-state index < -0.39 is 10.2 Å². The van der Waals surface area contributed by atoms with E-state index in [1.54, 1.807) is 18.4 Å². The summed E-state index contributed by atoms with van der Waals surface area (Å²) in [5, 5.41) is 0. The van der Waals surface area contributed by atoms with Gasteiger partial charge in [0.25, 0.3) is 0 Å². The predicted octanol–water partition coefficient (Wildman–Crippen LogP) is 5.42. The van der Waals surface area contributed by atoms with Crippen molar-refractivity contribution in [1.82, 2.24) is 0 Å². The summed E-state index contributed by atoms with van der Waals surface area (Å²) in [4.78, 5) is 2.43. The van der Waals surface area contributed by atoms with Crippen LogP contribution < -0.4 is 32.8 Å². The van der Waals surface area contributed by atoms with Crippen LogP contribution in [0.1, 0.15) is 52.4 Å². The molecule has 7 nitrogen and oxygen atoms in total. The van der Waals surface area contributed by atoms with E-state index in [1.165, 1.54) is 52.1 Å². The topological polar surface area (TPSA) is 120 Å². The molecule has 0 saturated heterocycles. The predicted molar refractivity (Wildman–Crippen MR) is 162 cm³/mol. The lowest BCUT2D eigenvalue weighted by Crippen LogP contribution is -2.68. The van der Waals surface area contributed by atoms with Gasteiger partial charge in [-0.05, 0) is 84.6 Å². The lowest BCUT2D eigenvalue weighted by molar-refractivity contribution is -2.00. The second-order valence-electron chi connectivity index (χ2n) is 9.84. The van der Waals surface area contributed by atoms with Gasteiger partial charge < -0.3 is 14.2 Å². The monoisotopic (exact) mass is 626 g/mol. The van der Waals surface area contributed by atoms with E-state index in [4.69, 9.17) is 32.8 Å². The molecule has 0 saturated carbocycles. The molecule has 1 heterocycles. The molecule has 0 N–H and O–H groups in total. The van der Waals surface area contributed by atoms with Gasteiger partial charge in [-0.2, -0.15) is 0 Å². The fraction of sp³-hybridized carbons (Fsp3) is 0.324. The summed E-state index contributed by atoms with van der Waals surface area (Å²) in [6.07, 6.45) is 6.99. The Labute approximate surface area is 260 Å². The highest BCUT2D eigenvalue weighted by Crippen LogP contribution is 2.38. The summed E-state index contributed by atoms with van der Waals surface area (Å²) < 4.78 is 51.2. The largest absolute Gasteiger partial charge is 0.497 e. The first-order valence-electron chi connectivity index (χ1n) is 14.4. The van der Waals surface area contributed by atoms with Gasteiger partial charge in [-0.3, -0.25) is 0 Å². The maximum absolute atomic E-state index is 8.49. The maximum atomic E-state index is 8.49. The van der Waals surface area contributed by atoms with E-state index in [0.29, 0.717) is 0 Å². The maximum Gasteiger partial charge on any atom is 0.239 e. The van der Waals surface area contributed by atoms with Crippen LogP contribution in [0.3, 0.4) is 0 Å². The summed E-state index contributed by atoms with van der Waals surface area (Å²) >= 11 is 1.80. The number of ether oxygens (including phenoxy) is 3. The highest BCUT2D eigenvalue weighted by molar-refractivity contribution is 7.18. The average Bonchev–Trinajstić information content (AvgIpc) is 3.01. The minimum atomic E-state index is -4.94. The number of rotatable bonds is 14. The Hall–Kier alpha value is -3.24. The first kappa shape index (κ1) is 34.3. The van der Waals surface area contributed by atoms with Crippen molar-refractivity contribution < 1.29 is 43.1 Å². The van der Waals surface area contributed by atoms with Crippen molar-refractivity contribution in [3.8, 4) is 49.3 Å². The molecule has 230 valence electrons. The van der Waals surface area contributed by atoms with Crippen molar-refractivity contribution in [2.75, 3.05) is 20.3 Å². The van der Waals surface area contributed by atoms with Gasteiger partial charge in [-0.15, -0.1) is 10.2 Å². The first-order chi connectivity index (χ1) is 20.7. The zero-order valence-corrected chi connectivity index (χ0v) is 26.5. The van der Waals surface area contributed by atoms with Crippen LogP contribution in [0, 0.1) is 10.2 Å². The summed E-state index contributed by atoms with van der Waals surface area (Å²) in [6.45, 7) is 5.96. The summed E-state index contributed by atoms with van der Waals surface area (Å²) in [5.41, 5.74) is 4.70. The standard InChI is InChI=1S/C34H39O3S.ClHO4/c1-4-6-8-22-36-31-18-12-27(13-19-31)33-24-29(26-10-16-30(35-3)17-11-26)25-34(38-33)28-14-20-32(21-15-28)37-23-9-7-5-2;2-1(3,4)5/h10-21,24-25H,4-9,22-23H2,1-3H3;(H,2,3,4,5)/q+1;/p-1. The van der Waals surface area contributed by atoms with Gasteiger partial charge >= 0.3 is 0 Å². The molecule has 9 heteroatoms. The van der Waals surface area contributed by atoms with Crippen LogP contribution in [0.4, 0.5) is 0 Å². The molecule has 0 bridgehead atoms. The second-order valence-corrected chi connectivity index (χ2v) is 11.7. The normalized spacial score (nSPS) is 11.0. The molecule has 1 aromatic heterocycles. The van der Waals surface area contributed by atoms with E-state index >= 15 is 0 Å². The van der Waals surface area contributed by atoms with Crippen molar-refractivity contribution in [2.24, 2.45) is 0 Å². The van der Waals surface area contributed by atoms with Crippen LogP contribution in [0.2, 0.25) is 0 Å². The van der Waals surface area contributed by atoms with Crippen molar-refractivity contribution in [1.29, 1.82) is 0 Å². The molecule has 0 aliphatic heterocycles. The van der Waals surface area contributed by atoms with Gasteiger partial charge in [0.15, 0.2) is 0 Å². The number of hydrogen-bond acceptors (Lipinski definition) is 7. The molecular weight excluding hydrogens is 588 g/mol. The number of hydrogen-bond donors (Lipinski definition) is 0. The Morgan fingerprint density at radius 2 is 0.907 bits per heavy atom. The van der Waals surface area contributed by atoms with Crippen molar-refractivity contribution in [3.05, 3.63) is 84.9 Å².